The van der Waals surface area contributed by atoms with Gasteiger partial charge in [0, 0.05) is 12.4 Å². The van der Waals surface area contributed by atoms with Crippen LogP contribution in [0.1, 0.15) is 11.1 Å². The first-order valence-electron chi connectivity index (χ1n) is 6.70. The standard InChI is InChI=1S/C15H19N3O2S/c1-12-11-17-10-8-15(12)18-21(19,20)14-5-3-13(4-6-14)7-9-16-2/h3-6,8,10-11,16H,7,9H2,1-2H3,(H,17,18). The lowest BCUT2D eigenvalue weighted by atomic mass is 10.1. The highest BCUT2D eigenvalue weighted by Gasteiger charge is 2.14. The molecule has 0 saturated carbocycles. The molecule has 1 aromatic carbocycles. The first-order valence-corrected chi connectivity index (χ1v) is 8.18. The summed E-state index contributed by atoms with van der Waals surface area (Å²) in [5.74, 6) is 0. The molecule has 5 nitrogen and oxygen atoms in total. The molecule has 2 rings (SSSR count). The summed E-state index contributed by atoms with van der Waals surface area (Å²) in [6.07, 6.45) is 4.05. The van der Waals surface area contributed by atoms with Crippen molar-refractivity contribution in [1.29, 1.82) is 0 Å². The van der Waals surface area contributed by atoms with E-state index in [1.807, 2.05) is 26.1 Å². The number of anilines is 1. The first kappa shape index (κ1) is 15.5. The topological polar surface area (TPSA) is 71.1 Å². The molecule has 1 heterocycles. The summed E-state index contributed by atoms with van der Waals surface area (Å²) in [6.45, 7) is 2.67. The number of hydrogen-bond donors (Lipinski definition) is 2. The van der Waals surface area contributed by atoms with E-state index in [2.05, 4.69) is 15.0 Å². The van der Waals surface area contributed by atoms with Gasteiger partial charge in [0.25, 0.3) is 10.0 Å². The molecule has 0 spiro atoms. The molecule has 0 unspecified atom stereocenters. The maximum atomic E-state index is 12.3. The molecule has 2 N–H and O–H groups in total. The van der Waals surface area contributed by atoms with Crippen LogP contribution in [0.15, 0.2) is 47.6 Å². The summed E-state index contributed by atoms with van der Waals surface area (Å²) < 4.78 is 27.3. The van der Waals surface area contributed by atoms with Gasteiger partial charge in [-0.3, -0.25) is 9.71 Å². The third-order valence-electron chi connectivity index (χ3n) is 3.16. The van der Waals surface area contributed by atoms with Crippen molar-refractivity contribution in [1.82, 2.24) is 10.3 Å². The second-order valence-electron chi connectivity index (χ2n) is 4.79. The Morgan fingerprint density at radius 1 is 1.14 bits per heavy atom. The normalized spacial score (nSPS) is 11.3. The molecule has 0 amide bonds. The van der Waals surface area contributed by atoms with Crippen LogP contribution in [0, 0.1) is 6.92 Å². The van der Waals surface area contributed by atoms with Crippen molar-refractivity contribution >= 4 is 15.7 Å². The number of aryl methyl sites for hydroxylation is 1. The quantitative estimate of drug-likeness (QED) is 0.856. The SMILES string of the molecule is CNCCc1ccc(S(=O)(=O)Nc2ccncc2C)cc1. The number of hydrogen-bond acceptors (Lipinski definition) is 4. The van der Waals surface area contributed by atoms with Crippen LogP contribution in [-0.4, -0.2) is 27.0 Å². The molecule has 21 heavy (non-hydrogen) atoms. The van der Waals surface area contributed by atoms with Gasteiger partial charge in [-0.15, -0.1) is 0 Å². The zero-order valence-electron chi connectivity index (χ0n) is 12.1. The molecule has 112 valence electrons. The van der Waals surface area contributed by atoms with Gasteiger partial charge in [0.05, 0.1) is 10.6 Å². The minimum Gasteiger partial charge on any atom is -0.319 e. The van der Waals surface area contributed by atoms with Gasteiger partial charge in [-0.25, -0.2) is 8.42 Å². The number of aromatic nitrogens is 1. The molecular formula is C15H19N3O2S. The molecule has 0 atom stereocenters. The number of pyridine rings is 1. The summed E-state index contributed by atoms with van der Waals surface area (Å²) in [4.78, 5) is 4.20. The molecule has 0 aliphatic heterocycles. The fourth-order valence-electron chi connectivity index (χ4n) is 1.90. The Morgan fingerprint density at radius 2 is 1.86 bits per heavy atom. The van der Waals surface area contributed by atoms with E-state index in [0.717, 1.165) is 24.1 Å². The van der Waals surface area contributed by atoms with Crippen molar-refractivity contribution < 1.29 is 8.42 Å². The highest BCUT2D eigenvalue weighted by Crippen LogP contribution is 2.18. The van der Waals surface area contributed by atoms with E-state index in [-0.39, 0.29) is 4.90 Å². The number of nitrogens with zero attached hydrogens (tertiary/aromatic N) is 1. The van der Waals surface area contributed by atoms with E-state index in [1.54, 1.807) is 30.6 Å². The highest BCUT2D eigenvalue weighted by atomic mass is 32.2. The fourth-order valence-corrected chi connectivity index (χ4v) is 3.03. The van der Waals surface area contributed by atoms with Crippen LogP contribution in [0.2, 0.25) is 0 Å². The molecule has 0 fully saturated rings. The Kier molecular flexibility index (Phi) is 4.93. The maximum absolute atomic E-state index is 12.3. The second-order valence-corrected chi connectivity index (χ2v) is 6.48. The Balaban J connectivity index is 2.18. The smallest absolute Gasteiger partial charge is 0.261 e. The maximum Gasteiger partial charge on any atom is 0.261 e. The molecule has 0 bridgehead atoms. The largest absolute Gasteiger partial charge is 0.319 e. The van der Waals surface area contributed by atoms with Crippen molar-refractivity contribution in [3.8, 4) is 0 Å². The van der Waals surface area contributed by atoms with Crippen LogP contribution in [0.4, 0.5) is 5.69 Å². The van der Waals surface area contributed by atoms with Crippen molar-refractivity contribution in [3.05, 3.63) is 53.9 Å². The second kappa shape index (κ2) is 6.69. The average Bonchev–Trinajstić information content (AvgIpc) is 2.48. The fraction of sp³-hybridized carbons (Fsp3) is 0.267. The van der Waals surface area contributed by atoms with Gasteiger partial charge < -0.3 is 5.32 Å². The van der Waals surface area contributed by atoms with Crippen LogP contribution in [0.5, 0.6) is 0 Å². The molecule has 1 aromatic heterocycles. The van der Waals surface area contributed by atoms with Crippen molar-refractivity contribution in [2.24, 2.45) is 0 Å². The van der Waals surface area contributed by atoms with E-state index < -0.39 is 10.0 Å². The number of rotatable bonds is 6. The lowest BCUT2D eigenvalue weighted by Crippen LogP contribution is -2.14. The molecule has 0 saturated heterocycles. The van der Waals surface area contributed by atoms with Gasteiger partial charge in [0.15, 0.2) is 0 Å². The van der Waals surface area contributed by atoms with Gasteiger partial charge in [0.2, 0.25) is 0 Å². The van der Waals surface area contributed by atoms with Gasteiger partial charge >= 0.3 is 0 Å². The minimum atomic E-state index is -3.57. The Bertz CT molecular complexity index is 697. The zero-order chi connectivity index (χ0) is 15.3. The van der Waals surface area contributed by atoms with Crippen molar-refractivity contribution in [3.63, 3.8) is 0 Å². The van der Waals surface area contributed by atoms with E-state index >= 15 is 0 Å². The van der Waals surface area contributed by atoms with Gasteiger partial charge in [-0.1, -0.05) is 12.1 Å². The molecule has 0 aliphatic rings. The number of benzene rings is 1. The van der Waals surface area contributed by atoms with Gasteiger partial charge in [0.1, 0.15) is 0 Å². The monoisotopic (exact) mass is 305 g/mol. The molecule has 6 heteroatoms. The van der Waals surface area contributed by atoms with E-state index in [9.17, 15) is 8.42 Å². The van der Waals surface area contributed by atoms with Crippen LogP contribution >= 0.6 is 0 Å². The Morgan fingerprint density at radius 3 is 2.48 bits per heavy atom. The van der Waals surface area contributed by atoms with Crippen molar-refractivity contribution in [2.75, 3.05) is 18.3 Å². The number of likely N-dealkylation sites (N-methyl/N-ethyl adjacent to an activating group) is 1. The Labute approximate surface area is 125 Å². The third-order valence-corrected chi connectivity index (χ3v) is 4.54. The number of sulfonamides is 1. The van der Waals surface area contributed by atoms with E-state index in [4.69, 9.17) is 0 Å². The Hall–Kier alpha value is -1.92. The van der Waals surface area contributed by atoms with Crippen LogP contribution in [0.25, 0.3) is 0 Å². The minimum absolute atomic E-state index is 0.256. The summed E-state index contributed by atoms with van der Waals surface area (Å²) in [7, 11) is -1.68. The molecule has 0 aliphatic carbocycles. The summed E-state index contributed by atoms with van der Waals surface area (Å²) in [6, 6.07) is 8.58. The van der Waals surface area contributed by atoms with Crippen LogP contribution in [0.3, 0.4) is 0 Å². The molecule has 2 aromatic rings. The van der Waals surface area contributed by atoms with Crippen LogP contribution in [-0.2, 0) is 16.4 Å². The zero-order valence-corrected chi connectivity index (χ0v) is 12.9. The first-order chi connectivity index (χ1) is 10.0. The summed E-state index contributed by atoms with van der Waals surface area (Å²) in [5.41, 5.74) is 2.43. The lowest BCUT2D eigenvalue weighted by molar-refractivity contribution is 0.601. The average molecular weight is 305 g/mol. The predicted molar refractivity (Wildman–Crippen MR) is 83.9 cm³/mol. The van der Waals surface area contributed by atoms with Crippen molar-refractivity contribution in [2.45, 2.75) is 18.2 Å². The van der Waals surface area contributed by atoms with E-state index in [1.165, 1.54) is 0 Å². The predicted octanol–water partition coefficient (Wildman–Crippen LogP) is 1.95. The molecule has 0 radical (unpaired) electrons. The van der Waals surface area contributed by atoms with Gasteiger partial charge in [-0.05, 0) is 56.3 Å². The van der Waals surface area contributed by atoms with E-state index in [0.29, 0.717) is 5.69 Å². The summed E-state index contributed by atoms with van der Waals surface area (Å²) >= 11 is 0. The van der Waals surface area contributed by atoms with Gasteiger partial charge in [-0.2, -0.15) is 0 Å². The number of nitrogens with one attached hydrogen (secondary N) is 2. The molecular weight excluding hydrogens is 286 g/mol. The lowest BCUT2D eigenvalue weighted by Gasteiger charge is -2.10. The third kappa shape index (κ3) is 4.03. The van der Waals surface area contributed by atoms with Crippen LogP contribution < -0.4 is 10.0 Å². The summed E-state index contributed by atoms with van der Waals surface area (Å²) in [5, 5.41) is 3.06. The highest BCUT2D eigenvalue weighted by molar-refractivity contribution is 7.92.